The fourth-order valence-electron chi connectivity index (χ4n) is 2.38. The van der Waals surface area contributed by atoms with Crippen LogP contribution in [0.1, 0.15) is 0 Å². The van der Waals surface area contributed by atoms with Gasteiger partial charge in [-0.3, -0.25) is 5.10 Å². The highest BCUT2D eigenvalue weighted by molar-refractivity contribution is 5.91. The first-order valence-corrected chi connectivity index (χ1v) is 6.87. The van der Waals surface area contributed by atoms with Gasteiger partial charge in [0.05, 0.1) is 26.8 Å². The third-order valence-electron chi connectivity index (χ3n) is 3.45. The van der Waals surface area contributed by atoms with Crippen LogP contribution in [0.2, 0.25) is 0 Å². The van der Waals surface area contributed by atoms with Crippen molar-refractivity contribution < 1.29 is 18.6 Å². The summed E-state index contributed by atoms with van der Waals surface area (Å²) in [7, 11) is 4.64. The molecule has 0 aliphatic heterocycles. The first-order valence-electron chi connectivity index (χ1n) is 6.87. The molecule has 3 aromatic rings. The lowest BCUT2D eigenvalue weighted by atomic mass is 10.2. The fraction of sp³-hybridized carbons (Fsp3) is 0.188. The zero-order valence-corrected chi connectivity index (χ0v) is 12.9. The number of anilines is 2. The maximum Gasteiger partial charge on any atom is 0.203 e. The van der Waals surface area contributed by atoms with E-state index in [1.165, 1.54) is 12.1 Å². The van der Waals surface area contributed by atoms with Gasteiger partial charge in [0.1, 0.15) is 5.82 Å². The summed E-state index contributed by atoms with van der Waals surface area (Å²) in [4.78, 5) is 0. The number of rotatable bonds is 5. The third-order valence-corrected chi connectivity index (χ3v) is 3.45. The average molecular weight is 317 g/mol. The summed E-state index contributed by atoms with van der Waals surface area (Å²) in [5.41, 5.74) is 1.32. The van der Waals surface area contributed by atoms with E-state index in [1.54, 1.807) is 39.5 Å². The Bertz CT molecular complexity index is 823. The van der Waals surface area contributed by atoms with Crippen molar-refractivity contribution in [1.82, 2.24) is 10.2 Å². The van der Waals surface area contributed by atoms with Gasteiger partial charge < -0.3 is 19.5 Å². The van der Waals surface area contributed by atoms with Crippen LogP contribution in [-0.2, 0) is 0 Å². The summed E-state index contributed by atoms with van der Waals surface area (Å²) in [5, 5.41) is 10.9. The largest absolute Gasteiger partial charge is 0.493 e. The van der Waals surface area contributed by atoms with Crippen molar-refractivity contribution in [3.63, 3.8) is 0 Å². The van der Waals surface area contributed by atoms with Gasteiger partial charge in [0.15, 0.2) is 17.3 Å². The Balaban J connectivity index is 2.01. The first kappa shape index (κ1) is 15.0. The van der Waals surface area contributed by atoms with Gasteiger partial charge in [-0.2, -0.15) is 5.10 Å². The van der Waals surface area contributed by atoms with E-state index in [0.29, 0.717) is 34.3 Å². The van der Waals surface area contributed by atoms with E-state index < -0.39 is 0 Å². The van der Waals surface area contributed by atoms with Crippen molar-refractivity contribution in [1.29, 1.82) is 0 Å². The van der Waals surface area contributed by atoms with Crippen LogP contribution >= 0.6 is 0 Å². The van der Waals surface area contributed by atoms with Gasteiger partial charge in [0, 0.05) is 23.2 Å². The molecule has 0 saturated carbocycles. The lowest BCUT2D eigenvalue weighted by Crippen LogP contribution is -1.98. The molecular formula is C16H16FN3O3. The van der Waals surface area contributed by atoms with Gasteiger partial charge in [-0.05, 0) is 18.2 Å². The van der Waals surface area contributed by atoms with Crippen LogP contribution in [0.5, 0.6) is 17.2 Å². The molecule has 1 heterocycles. The predicted octanol–water partition coefficient (Wildman–Crippen LogP) is 3.47. The van der Waals surface area contributed by atoms with Crippen molar-refractivity contribution in [2.24, 2.45) is 0 Å². The second-order valence-corrected chi connectivity index (χ2v) is 4.80. The van der Waals surface area contributed by atoms with Crippen molar-refractivity contribution in [2.45, 2.75) is 0 Å². The molecule has 0 fully saturated rings. The van der Waals surface area contributed by atoms with E-state index >= 15 is 0 Å². The average Bonchev–Trinajstić information content (AvgIpc) is 2.95. The number of aromatic nitrogens is 2. The van der Waals surface area contributed by atoms with E-state index in [9.17, 15) is 4.39 Å². The quantitative estimate of drug-likeness (QED) is 0.754. The highest BCUT2D eigenvalue weighted by Gasteiger charge is 2.14. The Morgan fingerprint density at radius 1 is 1.00 bits per heavy atom. The molecular weight excluding hydrogens is 301 g/mol. The summed E-state index contributed by atoms with van der Waals surface area (Å²) in [5.74, 6) is 1.82. The third kappa shape index (κ3) is 2.73. The predicted molar refractivity (Wildman–Crippen MR) is 85.4 cm³/mol. The highest BCUT2D eigenvalue weighted by Crippen LogP contribution is 2.40. The van der Waals surface area contributed by atoms with Gasteiger partial charge in [-0.15, -0.1) is 0 Å². The number of hydrogen-bond acceptors (Lipinski definition) is 5. The number of nitrogens with zero attached hydrogens (tertiary/aromatic N) is 1. The number of benzene rings is 2. The van der Waals surface area contributed by atoms with Crippen LogP contribution in [0.15, 0.2) is 30.3 Å². The number of methoxy groups -OCH3 is 3. The van der Waals surface area contributed by atoms with E-state index in [-0.39, 0.29) is 5.82 Å². The van der Waals surface area contributed by atoms with Crippen molar-refractivity contribution in [3.8, 4) is 17.2 Å². The normalized spacial score (nSPS) is 10.6. The number of halogens is 1. The smallest absolute Gasteiger partial charge is 0.203 e. The molecule has 0 aliphatic rings. The van der Waals surface area contributed by atoms with E-state index in [4.69, 9.17) is 14.2 Å². The van der Waals surface area contributed by atoms with Gasteiger partial charge >= 0.3 is 0 Å². The van der Waals surface area contributed by atoms with Crippen molar-refractivity contribution in [3.05, 3.63) is 36.1 Å². The van der Waals surface area contributed by atoms with Crippen LogP contribution < -0.4 is 19.5 Å². The Labute approximate surface area is 132 Å². The minimum Gasteiger partial charge on any atom is -0.493 e. The molecule has 2 N–H and O–H groups in total. The molecule has 7 heteroatoms. The van der Waals surface area contributed by atoms with Crippen molar-refractivity contribution in [2.75, 3.05) is 26.6 Å². The summed E-state index contributed by atoms with van der Waals surface area (Å²) in [6, 6.07) is 7.98. The summed E-state index contributed by atoms with van der Waals surface area (Å²) < 4.78 is 29.2. The van der Waals surface area contributed by atoms with Crippen molar-refractivity contribution >= 4 is 22.4 Å². The molecule has 3 rings (SSSR count). The van der Waals surface area contributed by atoms with Crippen LogP contribution in [-0.4, -0.2) is 31.5 Å². The second-order valence-electron chi connectivity index (χ2n) is 4.80. The van der Waals surface area contributed by atoms with Crippen LogP contribution in [0, 0.1) is 5.82 Å². The minimum atomic E-state index is -0.319. The van der Waals surface area contributed by atoms with Crippen LogP contribution in [0.3, 0.4) is 0 Å². The number of hydrogen-bond donors (Lipinski definition) is 2. The van der Waals surface area contributed by atoms with E-state index in [1.807, 2.05) is 0 Å². The minimum absolute atomic E-state index is 0.319. The molecule has 0 radical (unpaired) electrons. The lowest BCUT2D eigenvalue weighted by molar-refractivity contribution is 0.324. The standard InChI is InChI=1S/C16H16FN3O3/c1-21-13-7-10(8-14(22-2)15(13)23-3)18-16-11-5-4-9(17)6-12(11)19-20-16/h4-8H,1-3H3,(H2,18,19,20). The van der Waals surface area contributed by atoms with Gasteiger partial charge in [0.25, 0.3) is 0 Å². The number of ether oxygens (including phenoxy) is 3. The maximum atomic E-state index is 13.2. The number of fused-ring (bicyclic) bond motifs is 1. The molecule has 0 atom stereocenters. The molecule has 0 saturated heterocycles. The Kier molecular flexibility index (Phi) is 3.92. The van der Waals surface area contributed by atoms with Gasteiger partial charge in [-0.25, -0.2) is 4.39 Å². The Morgan fingerprint density at radius 3 is 2.30 bits per heavy atom. The fourth-order valence-corrected chi connectivity index (χ4v) is 2.38. The van der Waals surface area contributed by atoms with Crippen LogP contribution in [0.25, 0.3) is 10.9 Å². The summed E-state index contributed by atoms with van der Waals surface area (Å²) in [6.45, 7) is 0. The first-order chi connectivity index (χ1) is 11.2. The van der Waals surface area contributed by atoms with E-state index in [0.717, 1.165) is 5.39 Å². The Hall–Kier alpha value is -2.96. The summed E-state index contributed by atoms with van der Waals surface area (Å²) in [6.07, 6.45) is 0. The molecule has 0 unspecified atom stereocenters. The zero-order chi connectivity index (χ0) is 16.4. The monoisotopic (exact) mass is 317 g/mol. The Morgan fingerprint density at radius 2 is 1.70 bits per heavy atom. The maximum absolute atomic E-state index is 13.2. The molecule has 23 heavy (non-hydrogen) atoms. The van der Waals surface area contributed by atoms with Crippen LogP contribution in [0.4, 0.5) is 15.9 Å². The second kappa shape index (κ2) is 6.04. The SMILES string of the molecule is COc1cc(Nc2n[nH]c3cc(F)ccc23)cc(OC)c1OC. The molecule has 120 valence electrons. The molecule has 0 amide bonds. The molecule has 0 spiro atoms. The molecule has 6 nitrogen and oxygen atoms in total. The number of aromatic amines is 1. The lowest BCUT2D eigenvalue weighted by Gasteiger charge is -2.14. The van der Waals surface area contributed by atoms with Gasteiger partial charge in [0.2, 0.25) is 5.75 Å². The molecule has 1 aromatic heterocycles. The topological polar surface area (TPSA) is 68.4 Å². The summed E-state index contributed by atoms with van der Waals surface area (Å²) >= 11 is 0. The molecule has 2 aromatic carbocycles. The molecule has 0 bridgehead atoms. The number of H-pyrrole nitrogens is 1. The van der Waals surface area contributed by atoms with E-state index in [2.05, 4.69) is 15.5 Å². The zero-order valence-electron chi connectivity index (χ0n) is 12.9. The van der Waals surface area contributed by atoms with Gasteiger partial charge in [-0.1, -0.05) is 0 Å². The molecule has 0 aliphatic carbocycles. The number of nitrogens with one attached hydrogen (secondary N) is 2. The highest BCUT2D eigenvalue weighted by atomic mass is 19.1.